The minimum absolute atomic E-state index is 0.00905. The summed E-state index contributed by atoms with van der Waals surface area (Å²) in [7, 11) is 0. The highest BCUT2D eigenvalue weighted by Gasteiger charge is 2.42. The minimum atomic E-state index is -0.00905. The highest BCUT2D eigenvalue weighted by Crippen LogP contribution is 2.47. The molecule has 1 heterocycles. The van der Waals surface area contributed by atoms with E-state index in [1.54, 1.807) is 0 Å². The molecule has 18 heavy (non-hydrogen) atoms. The van der Waals surface area contributed by atoms with Gasteiger partial charge in [0, 0.05) is 22.5 Å². The Morgan fingerprint density at radius 2 is 2.22 bits per heavy atom. The molecular formula is C15H20BrNO. The number of nitrogens with two attached hydrogens (primary N) is 1. The van der Waals surface area contributed by atoms with Crippen LogP contribution in [-0.4, -0.2) is 5.60 Å². The third-order valence-corrected chi connectivity index (χ3v) is 4.84. The van der Waals surface area contributed by atoms with Gasteiger partial charge in [-0.2, -0.15) is 0 Å². The van der Waals surface area contributed by atoms with E-state index in [-0.39, 0.29) is 11.6 Å². The van der Waals surface area contributed by atoms with Crippen molar-refractivity contribution in [2.45, 2.75) is 50.7 Å². The molecule has 3 unspecified atom stereocenters. The van der Waals surface area contributed by atoms with E-state index in [9.17, 15) is 0 Å². The topological polar surface area (TPSA) is 35.2 Å². The molecule has 3 atom stereocenters. The van der Waals surface area contributed by atoms with Gasteiger partial charge in [0.2, 0.25) is 0 Å². The van der Waals surface area contributed by atoms with Crippen LogP contribution in [0.4, 0.5) is 0 Å². The van der Waals surface area contributed by atoms with E-state index >= 15 is 0 Å². The van der Waals surface area contributed by atoms with Crippen molar-refractivity contribution in [2.75, 3.05) is 0 Å². The average molecular weight is 310 g/mol. The van der Waals surface area contributed by atoms with E-state index in [4.69, 9.17) is 10.5 Å². The van der Waals surface area contributed by atoms with Crippen LogP contribution < -0.4 is 10.5 Å². The van der Waals surface area contributed by atoms with Crippen LogP contribution in [0.15, 0.2) is 22.7 Å². The summed E-state index contributed by atoms with van der Waals surface area (Å²) in [5.74, 6) is 1.73. The van der Waals surface area contributed by atoms with Gasteiger partial charge in [0.05, 0.1) is 0 Å². The first-order chi connectivity index (χ1) is 8.58. The van der Waals surface area contributed by atoms with Crippen molar-refractivity contribution >= 4 is 15.9 Å². The lowest BCUT2D eigenvalue weighted by atomic mass is 9.73. The van der Waals surface area contributed by atoms with E-state index in [1.807, 2.05) is 6.07 Å². The molecule has 2 aliphatic rings. The predicted octanol–water partition coefficient (Wildman–Crippen LogP) is 4.18. The molecule has 98 valence electrons. The molecule has 2 N–H and O–H groups in total. The third-order valence-electron chi connectivity index (χ3n) is 4.34. The van der Waals surface area contributed by atoms with Crippen LogP contribution in [0, 0.1) is 5.92 Å². The first kappa shape index (κ1) is 12.5. The predicted molar refractivity (Wildman–Crippen MR) is 76.7 cm³/mol. The number of hydrogen-bond donors (Lipinski definition) is 1. The fourth-order valence-electron chi connectivity index (χ4n) is 3.58. The first-order valence-corrected chi connectivity index (χ1v) is 7.61. The maximum absolute atomic E-state index is 6.37. The van der Waals surface area contributed by atoms with E-state index in [0.29, 0.717) is 0 Å². The zero-order valence-corrected chi connectivity index (χ0v) is 12.4. The smallest absolute Gasteiger partial charge is 0.126 e. The molecule has 1 fully saturated rings. The molecule has 0 bridgehead atoms. The molecule has 0 saturated heterocycles. The maximum Gasteiger partial charge on any atom is 0.126 e. The summed E-state index contributed by atoms with van der Waals surface area (Å²) in [6, 6.07) is 6.31. The van der Waals surface area contributed by atoms with Crippen LogP contribution in [-0.2, 0) is 0 Å². The second kappa shape index (κ2) is 4.53. The number of halogens is 1. The van der Waals surface area contributed by atoms with Crippen LogP contribution in [0.2, 0.25) is 0 Å². The highest BCUT2D eigenvalue weighted by molar-refractivity contribution is 9.10. The average Bonchev–Trinajstić information content (AvgIpc) is 2.27. The van der Waals surface area contributed by atoms with Crippen LogP contribution >= 0.6 is 15.9 Å². The zero-order chi connectivity index (χ0) is 12.8. The Kier molecular flexibility index (Phi) is 3.15. The zero-order valence-electron chi connectivity index (χ0n) is 10.8. The molecule has 1 aliphatic heterocycles. The molecule has 0 radical (unpaired) electrons. The lowest BCUT2D eigenvalue weighted by molar-refractivity contribution is -0.0140. The number of hydrogen-bond acceptors (Lipinski definition) is 2. The normalized spacial score (nSPS) is 35.1. The largest absolute Gasteiger partial charge is 0.487 e. The SMILES string of the molecule is CC1CCCC2(C1)CC(N)c1ccc(Br)cc1O2. The lowest BCUT2D eigenvalue weighted by Gasteiger charge is -2.45. The first-order valence-electron chi connectivity index (χ1n) is 6.82. The number of rotatable bonds is 0. The Morgan fingerprint density at radius 3 is 3.00 bits per heavy atom. The fraction of sp³-hybridized carbons (Fsp3) is 0.600. The summed E-state index contributed by atoms with van der Waals surface area (Å²) in [5.41, 5.74) is 7.50. The Morgan fingerprint density at radius 1 is 1.39 bits per heavy atom. The van der Waals surface area contributed by atoms with Crippen molar-refractivity contribution in [1.82, 2.24) is 0 Å². The second-order valence-corrected chi connectivity index (χ2v) is 6.90. The monoisotopic (exact) mass is 309 g/mol. The quantitative estimate of drug-likeness (QED) is 0.780. The van der Waals surface area contributed by atoms with Crippen molar-refractivity contribution in [2.24, 2.45) is 11.7 Å². The number of ether oxygens (including phenoxy) is 1. The molecule has 0 amide bonds. The molecule has 1 aromatic carbocycles. The van der Waals surface area contributed by atoms with Crippen molar-refractivity contribution in [3.05, 3.63) is 28.2 Å². The number of benzene rings is 1. The maximum atomic E-state index is 6.37. The molecule has 0 aromatic heterocycles. The Labute approximate surface area is 117 Å². The van der Waals surface area contributed by atoms with Crippen molar-refractivity contribution < 1.29 is 4.74 Å². The molecule has 3 rings (SSSR count). The highest BCUT2D eigenvalue weighted by atomic mass is 79.9. The van der Waals surface area contributed by atoms with Gasteiger partial charge in [-0.15, -0.1) is 0 Å². The van der Waals surface area contributed by atoms with Gasteiger partial charge in [-0.3, -0.25) is 0 Å². The van der Waals surface area contributed by atoms with E-state index in [0.717, 1.165) is 41.0 Å². The summed E-state index contributed by atoms with van der Waals surface area (Å²) in [6.07, 6.45) is 5.85. The summed E-state index contributed by atoms with van der Waals surface area (Å²) in [4.78, 5) is 0. The van der Waals surface area contributed by atoms with Gasteiger partial charge < -0.3 is 10.5 Å². The molecule has 1 aromatic rings. The summed E-state index contributed by atoms with van der Waals surface area (Å²) >= 11 is 3.51. The lowest BCUT2D eigenvalue weighted by Crippen LogP contribution is -2.46. The van der Waals surface area contributed by atoms with Gasteiger partial charge in [-0.1, -0.05) is 35.3 Å². The van der Waals surface area contributed by atoms with Crippen molar-refractivity contribution in [3.63, 3.8) is 0 Å². The van der Waals surface area contributed by atoms with Gasteiger partial charge in [0.25, 0.3) is 0 Å². The van der Waals surface area contributed by atoms with Crippen molar-refractivity contribution in [3.8, 4) is 5.75 Å². The van der Waals surface area contributed by atoms with Gasteiger partial charge in [-0.05, 0) is 37.3 Å². The van der Waals surface area contributed by atoms with Crippen LogP contribution in [0.3, 0.4) is 0 Å². The molecule has 2 nitrogen and oxygen atoms in total. The van der Waals surface area contributed by atoms with Crippen molar-refractivity contribution in [1.29, 1.82) is 0 Å². The third kappa shape index (κ3) is 2.19. The van der Waals surface area contributed by atoms with Gasteiger partial charge in [0.15, 0.2) is 0 Å². The van der Waals surface area contributed by atoms with Crippen LogP contribution in [0.1, 0.15) is 50.6 Å². The van der Waals surface area contributed by atoms with Gasteiger partial charge in [-0.25, -0.2) is 0 Å². The molecule has 1 aliphatic carbocycles. The Hall–Kier alpha value is -0.540. The molecule has 1 saturated carbocycles. The molecular weight excluding hydrogens is 290 g/mol. The van der Waals surface area contributed by atoms with E-state index in [2.05, 4.69) is 35.0 Å². The second-order valence-electron chi connectivity index (χ2n) is 5.98. The Bertz CT molecular complexity index is 462. The minimum Gasteiger partial charge on any atom is -0.487 e. The molecule has 1 spiro atoms. The summed E-state index contributed by atoms with van der Waals surface area (Å²) < 4.78 is 7.44. The van der Waals surface area contributed by atoms with Crippen LogP contribution in [0.5, 0.6) is 5.75 Å². The fourth-order valence-corrected chi connectivity index (χ4v) is 3.92. The summed E-state index contributed by atoms with van der Waals surface area (Å²) in [6.45, 7) is 2.33. The molecule has 3 heteroatoms. The van der Waals surface area contributed by atoms with Gasteiger partial charge >= 0.3 is 0 Å². The van der Waals surface area contributed by atoms with Crippen LogP contribution in [0.25, 0.3) is 0 Å². The number of fused-ring (bicyclic) bond motifs is 1. The standard InChI is InChI=1S/C15H20BrNO/c1-10-3-2-6-15(8-10)9-13(17)12-5-4-11(16)7-14(12)18-15/h4-5,7,10,13H,2-3,6,8-9,17H2,1H3. The van der Waals surface area contributed by atoms with E-state index < -0.39 is 0 Å². The Balaban J connectivity index is 1.94. The van der Waals surface area contributed by atoms with Gasteiger partial charge in [0.1, 0.15) is 11.4 Å². The summed E-state index contributed by atoms with van der Waals surface area (Å²) in [5, 5.41) is 0. The van der Waals surface area contributed by atoms with E-state index in [1.165, 1.54) is 12.8 Å².